The van der Waals surface area contributed by atoms with Crippen molar-refractivity contribution >= 4 is 29.6 Å². The summed E-state index contributed by atoms with van der Waals surface area (Å²) in [4.78, 5) is 35.2. The van der Waals surface area contributed by atoms with Crippen molar-refractivity contribution in [1.29, 1.82) is 0 Å². The van der Waals surface area contributed by atoms with Gasteiger partial charge in [-0.1, -0.05) is 32.9 Å². The van der Waals surface area contributed by atoms with Gasteiger partial charge < -0.3 is 11.1 Å². The second kappa shape index (κ2) is 9.31. The molecular formula is C17H26N4O3S. The largest absolute Gasteiger partial charge is 0.352 e. The summed E-state index contributed by atoms with van der Waals surface area (Å²) < 4.78 is 0. The molecule has 7 nitrogen and oxygen atoms in total. The summed E-state index contributed by atoms with van der Waals surface area (Å²) in [6.07, 6.45) is 2.30. The van der Waals surface area contributed by atoms with Crippen molar-refractivity contribution in [1.82, 2.24) is 16.2 Å². The average molecular weight is 366 g/mol. The van der Waals surface area contributed by atoms with Crippen LogP contribution in [0.25, 0.3) is 0 Å². The molecule has 0 saturated carbocycles. The molecule has 1 aromatic carbocycles. The molecule has 25 heavy (non-hydrogen) atoms. The third-order valence-electron chi connectivity index (χ3n) is 3.56. The predicted molar refractivity (Wildman–Crippen MR) is 100 cm³/mol. The topological polar surface area (TPSA) is 113 Å². The van der Waals surface area contributed by atoms with E-state index in [1.165, 1.54) is 11.8 Å². The van der Waals surface area contributed by atoms with Crippen molar-refractivity contribution in [2.24, 2.45) is 5.73 Å². The third kappa shape index (κ3) is 7.04. The van der Waals surface area contributed by atoms with E-state index in [1.54, 1.807) is 12.1 Å². The fraction of sp³-hybridized carbons (Fsp3) is 0.471. The number of carbonyl (C=O) groups is 3. The van der Waals surface area contributed by atoms with Crippen molar-refractivity contribution in [3.05, 3.63) is 35.4 Å². The van der Waals surface area contributed by atoms with Crippen LogP contribution in [0.3, 0.4) is 0 Å². The molecule has 0 aromatic heterocycles. The molecule has 8 heteroatoms. The van der Waals surface area contributed by atoms with Gasteiger partial charge >= 0.3 is 6.03 Å². The zero-order chi connectivity index (χ0) is 19.0. The molecule has 1 atom stereocenters. The van der Waals surface area contributed by atoms with E-state index in [9.17, 15) is 14.4 Å². The Labute approximate surface area is 152 Å². The van der Waals surface area contributed by atoms with Gasteiger partial charge in [0, 0.05) is 5.56 Å². The van der Waals surface area contributed by atoms with Crippen LogP contribution in [0.2, 0.25) is 0 Å². The summed E-state index contributed by atoms with van der Waals surface area (Å²) >= 11 is 1.54. The van der Waals surface area contributed by atoms with E-state index in [0.29, 0.717) is 17.7 Å². The number of urea groups is 1. The summed E-state index contributed by atoms with van der Waals surface area (Å²) in [5, 5.41) is 2.36. The molecule has 0 saturated heterocycles. The van der Waals surface area contributed by atoms with E-state index < -0.39 is 23.9 Å². The van der Waals surface area contributed by atoms with Crippen molar-refractivity contribution in [2.45, 2.75) is 38.6 Å². The summed E-state index contributed by atoms with van der Waals surface area (Å²) in [6.45, 7) is 6.26. The lowest BCUT2D eigenvalue weighted by Crippen LogP contribution is -2.53. The highest BCUT2D eigenvalue weighted by atomic mass is 32.2. The standard InChI is InChI=1S/C17H26N4O3S/c1-17(2,3)12-7-5-11(6-8-12)14(22)20-21-15(23)13(9-10-25-4)19-16(18)24/h5-8,13H,9-10H2,1-4H3,(H,20,22)(H,21,23)(H3,18,19,24)/t13-/m0/s1. The minimum Gasteiger partial charge on any atom is -0.352 e. The number of nitrogens with two attached hydrogens (primary N) is 1. The number of nitrogens with one attached hydrogen (secondary N) is 3. The van der Waals surface area contributed by atoms with Gasteiger partial charge in [0.05, 0.1) is 0 Å². The molecule has 0 aliphatic carbocycles. The lowest BCUT2D eigenvalue weighted by Gasteiger charge is -2.19. The van der Waals surface area contributed by atoms with E-state index in [4.69, 9.17) is 5.73 Å². The Morgan fingerprint density at radius 1 is 1.12 bits per heavy atom. The van der Waals surface area contributed by atoms with Gasteiger partial charge in [-0.05, 0) is 41.5 Å². The van der Waals surface area contributed by atoms with Gasteiger partial charge in [0.1, 0.15) is 6.04 Å². The fourth-order valence-electron chi connectivity index (χ4n) is 2.08. The minimum atomic E-state index is -0.798. The second-order valence-electron chi connectivity index (χ2n) is 6.61. The Bertz CT molecular complexity index is 611. The minimum absolute atomic E-state index is 0.00579. The highest BCUT2D eigenvalue weighted by Crippen LogP contribution is 2.22. The molecular weight excluding hydrogens is 340 g/mol. The number of hydrogen-bond donors (Lipinski definition) is 4. The molecule has 0 unspecified atom stereocenters. The summed E-state index contributed by atoms with van der Waals surface area (Å²) in [5.41, 5.74) is 11.3. The van der Waals surface area contributed by atoms with E-state index in [2.05, 4.69) is 36.9 Å². The highest BCUT2D eigenvalue weighted by molar-refractivity contribution is 7.98. The number of carbonyl (C=O) groups excluding carboxylic acids is 3. The molecule has 0 fully saturated rings. The summed E-state index contributed by atoms with van der Waals surface area (Å²) in [6, 6.07) is 5.59. The zero-order valence-corrected chi connectivity index (χ0v) is 15.8. The molecule has 0 heterocycles. The lowest BCUT2D eigenvalue weighted by molar-refractivity contribution is -0.123. The Balaban J connectivity index is 2.64. The number of rotatable bonds is 6. The first kappa shape index (κ1) is 20.8. The molecule has 0 radical (unpaired) electrons. The zero-order valence-electron chi connectivity index (χ0n) is 15.0. The molecule has 1 rings (SSSR count). The molecule has 5 N–H and O–H groups in total. The van der Waals surface area contributed by atoms with Gasteiger partial charge in [0.25, 0.3) is 11.8 Å². The maximum Gasteiger partial charge on any atom is 0.312 e. The highest BCUT2D eigenvalue weighted by Gasteiger charge is 2.20. The van der Waals surface area contributed by atoms with Crippen molar-refractivity contribution in [3.63, 3.8) is 0 Å². The van der Waals surface area contributed by atoms with Crippen molar-refractivity contribution in [2.75, 3.05) is 12.0 Å². The van der Waals surface area contributed by atoms with E-state index in [0.717, 1.165) is 5.56 Å². The molecule has 1 aromatic rings. The second-order valence-corrected chi connectivity index (χ2v) is 7.60. The average Bonchev–Trinajstić information content (AvgIpc) is 2.55. The Morgan fingerprint density at radius 3 is 2.20 bits per heavy atom. The molecule has 0 spiro atoms. The number of amides is 4. The normalized spacial score (nSPS) is 12.2. The smallest absolute Gasteiger partial charge is 0.312 e. The van der Waals surface area contributed by atoms with Crippen LogP contribution in [-0.2, 0) is 10.2 Å². The summed E-state index contributed by atoms with van der Waals surface area (Å²) in [5.74, 6) is -0.287. The van der Waals surface area contributed by atoms with Gasteiger partial charge in [-0.3, -0.25) is 20.4 Å². The van der Waals surface area contributed by atoms with E-state index in [-0.39, 0.29) is 5.41 Å². The number of benzene rings is 1. The lowest BCUT2D eigenvalue weighted by atomic mass is 9.87. The first-order valence-electron chi connectivity index (χ1n) is 7.90. The number of hydrogen-bond acceptors (Lipinski definition) is 4. The predicted octanol–water partition coefficient (Wildman–Crippen LogP) is 1.54. The fourth-order valence-corrected chi connectivity index (χ4v) is 2.55. The number of hydrazine groups is 1. The van der Waals surface area contributed by atoms with Crippen LogP contribution in [0, 0.1) is 0 Å². The van der Waals surface area contributed by atoms with Gasteiger partial charge in [0.15, 0.2) is 0 Å². The molecule has 4 amide bonds. The molecule has 0 aliphatic rings. The third-order valence-corrected chi connectivity index (χ3v) is 4.20. The number of thioether (sulfide) groups is 1. The van der Waals surface area contributed by atoms with Gasteiger partial charge in [-0.2, -0.15) is 11.8 Å². The molecule has 138 valence electrons. The van der Waals surface area contributed by atoms with Crippen LogP contribution < -0.4 is 21.9 Å². The van der Waals surface area contributed by atoms with Crippen LogP contribution in [0.1, 0.15) is 43.1 Å². The molecule has 0 aliphatic heterocycles. The monoisotopic (exact) mass is 366 g/mol. The van der Waals surface area contributed by atoms with Crippen molar-refractivity contribution < 1.29 is 14.4 Å². The summed E-state index contributed by atoms with van der Waals surface area (Å²) in [7, 11) is 0. The Morgan fingerprint density at radius 2 is 1.72 bits per heavy atom. The van der Waals surface area contributed by atoms with Crippen LogP contribution in [0.5, 0.6) is 0 Å². The van der Waals surface area contributed by atoms with E-state index in [1.807, 2.05) is 18.4 Å². The van der Waals surface area contributed by atoms with Gasteiger partial charge in [-0.15, -0.1) is 0 Å². The maximum absolute atomic E-state index is 12.1. The van der Waals surface area contributed by atoms with Crippen LogP contribution in [0.15, 0.2) is 24.3 Å². The first-order chi connectivity index (χ1) is 11.6. The Kier molecular flexibility index (Phi) is 7.76. The van der Waals surface area contributed by atoms with E-state index >= 15 is 0 Å². The SMILES string of the molecule is CSCC[C@H](NC(N)=O)C(=O)NNC(=O)c1ccc(C(C)(C)C)cc1. The van der Waals surface area contributed by atoms with Gasteiger partial charge in [-0.25, -0.2) is 4.79 Å². The van der Waals surface area contributed by atoms with Crippen LogP contribution in [-0.4, -0.2) is 35.9 Å². The quantitative estimate of drug-likeness (QED) is 0.572. The van der Waals surface area contributed by atoms with Crippen LogP contribution in [0.4, 0.5) is 4.79 Å². The maximum atomic E-state index is 12.1. The van der Waals surface area contributed by atoms with Crippen LogP contribution >= 0.6 is 11.8 Å². The van der Waals surface area contributed by atoms with Crippen molar-refractivity contribution in [3.8, 4) is 0 Å². The Hall–Kier alpha value is -2.22. The number of primary amides is 1. The van der Waals surface area contributed by atoms with Gasteiger partial charge in [0.2, 0.25) is 0 Å². The molecule has 0 bridgehead atoms. The first-order valence-corrected chi connectivity index (χ1v) is 9.30.